The molecule has 1 aliphatic rings. The van der Waals surface area contributed by atoms with Crippen molar-refractivity contribution in [3.63, 3.8) is 0 Å². The number of carbonyl (C=O) groups is 1. The normalized spacial score (nSPS) is 14.8. The number of likely N-dealkylation sites (N-methyl/N-ethyl adjacent to an activating group) is 1. The molecule has 1 aromatic heterocycles. The van der Waals surface area contributed by atoms with Crippen LogP contribution in [0.4, 0.5) is 0 Å². The van der Waals surface area contributed by atoms with E-state index < -0.39 is 0 Å². The molecule has 0 aliphatic carbocycles. The molecule has 0 saturated carbocycles. The molecule has 0 unspecified atom stereocenters. The second kappa shape index (κ2) is 10.3. The summed E-state index contributed by atoms with van der Waals surface area (Å²) in [5.74, 6) is 0.159. The predicted molar refractivity (Wildman–Crippen MR) is 108 cm³/mol. The molecule has 0 spiro atoms. The van der Waals surface area contributed by atoms with Gasteiger partial charge in [0.2, 0.25) is 0 Å². The summed E-state index contributed by atoms with van der Waals surface area (Å²) in [6, 6.07) is 0. The summed E-state index contributed by atoms with van der Waals surface area (Å²) in [5, 5.41) is 3.17. The van der Waals surface area contributed by atoms with E-state index >= 15 is 0 Å². The van der Waals surface area contributed by atoms with E-state index in [1.165, 1.54) is 41.0 Å². The third-order valence-electron chi connectivity index (χ3n) is 4.87. The van der Waals surface area contributed by atoms with Crippen molar-refractivity contribution >= 4 is 17.2 Å². The van der Waals surface area contributed by atoms with Crippen LogP contribution in [0.3, 0.4) is 0 Å². The molecule has 1 aromatic rings. The van der Waals surface area contributed by atoms with Crippen LogP contribution in [-0.2, 0) is 19.4 Å². The molecule has 4 nitrogen and oxygen atoms in total. The van der Waals surface area contributed by atoms with Crippen LogP contribution in [0.1, 0.15) is 64.7 Å². The Labute approximate surface area is 157 Å². The number of rotatable bonds is 10. The van der Waals surface area contributed by atoms with Crippen LogP contribution in [0.25, 0.3) is 0 Å². The van der Waals surface area contributed by atoms with E-state index in [1.807, 2.05) is 11.3 Å². The number of hydrogen-bond donors (Lipinski definition) is 1. The second-order valence-corrected chi connectivity index (χ2v) is 8.70. The van der Waals surface area contributed by atoms with E-state index in [-0.39, 0.29) is 5.91 Å². The van der Waals surface area contributed by atoms with Gasteiger partial charge in [0, 0.05) is 29.4 Å². The molecular formula is C20H35N3OS. The van der Waals surface area contributed by atoms with Crippen molar-refractivity contribution < 1.29 is 4.79 Å². The molecular weight excluding hydrogens is 330 g/mol. The van der Waals surface area contributed by atoms with E-state index in [9.17, 15) is 4.79 Å². The first kappa shape index (κ1) is 20.4. The van der Waals surface area contributed by atoms with Crippen molar-refractivity contribution in [1.29, 1.82) is 0 Å². The molecule has 2 heterocycles. The zero-order valence-corrected chi connectivity index (χ0v) is 17.3. The topological polar surface area (TPSA) is 35.6 Å². The summed E-state index contributed by atoms with van der Waals surface area (Å²) in [6.07, 6.45) is 8.08. The highest BCUT2D eigenvalue weighted by Crippen LogP contribution is 2.34. The summed E-state index contributed by atoms with van der Waals surface area (Å²) in [5.41, 5.74) is 2.35. The highest BCUT2D eigenvalue weighted by atomic mass is 32.1. The molecule has 1 amide bonds. The van der Waals surface area contributed by atoms with Crippen LogP contribution in [0.2, 0.25) is 0 Å². The van der Waals surface area contributed by atoms with Gasteiger partial charge in [0.25, 0.3) is 5.91 Å². The lowest BCUT2D eigenvalue weighted by Gasteiger charge is -2.22. The van der Waals surface area contributed by atoms with E-state index in [4.69, 9.17) is 0 Å². The Balaban J connectivity index is 2.05. The van der Waals surface area contributed by atoms with Crippen LogP contribution in [0, 0.1) is 0 Å². The van der Waals surface area contributed by atoms with Crippen LogP contribution in [0.5, 0.6) is 0 Å². The SMILES string of the molecule is CCCCCCc1sc2c(c1C(=O)NCCCN(C)C)CCN(C)C2. The lowest BCUT2D eigenvalue weighted by atomic mass is 9.99. The third kappa shape index (κ3) is 6.08. The molecule has 2 rings (SSSR count). The minimum Gasteiger partial charge on any atom is -0.352 e. The van der Waals surface area contributed by atoms with Crippen molar-refractivity contribution in [2.75, 3.05) is 40.8 Å². The lowest BCUT2D eigenvalue weighted by Crippen LogP contribution is -2.30. The van der Waals surface area contributed by atoms with Crippen molar-refractivity contribution in [2.24, 2.45) is 0 Å². The number of hydrogen-bond acceptors (Lipinski definition) is 4. The van der Waals surface area contributed by atoms with Gasteiger partial charge in [-0.05, 0) is 58.9 Å². The highest BCUT2D eigenvalue weighted by Gasteiger charge is 2.26. The van der Waals surface area contributed by atoms with Crippen molar-refractivity contribution in [3.8, 4) is 0 Å². The number of nitrogens with zero attached hydrogens (tertiary/aromatic N) is 2. The summed E-state index contributed by atoms with van der Waals surface area (Å²) < 4.78 is 0. The van der Waals surface area contributed by atoms with Crippen molar-refractivity contribution in [2.45, 2.75) is 58.4 Å². The zero-order chi connectivity index (χ0) is 18.2. The van der Waals surface area contributed by atoms with Gasteiger partial charge in [0.15, 0.2) is 0 Å². The highest BCUT2D eigenvalue weighted by molar-refractivity contribution is 7.12. The van der Waals surface area contributed by atoms with Gasteiger partial charge in [0.1, 0.15) is 0 Å². The Morgan fingerprint density at radius 1 is 1.24 bits per heavy atom. The summed E-state index contributed by atoms with van der Waals surface area (Å²) in [6.45, 7) is 6.07. The van der Waals surface area contributed by atoms with E-state index in [0.717, 1.165) is 51.0 Å². The van der Waals surface area contributed by atoms with Crippen LogP contribution >= 0.6 is 11.3 Å². The zero-order valence-electron chi connectivity index (χ0n) is 16.5. The number of amides is 1. The Hall–Kier alpha value is -0.910. The summed E-state index contributed by atoms with van der Waals surface area (Å²) in [4.78, 5) is 20.1. The average Bonchev–Trinajstić information content (AvgIpc) is 2.92. The minimum absolute atomic E-state index is 0.159. The first-order valence-electron chi connectivity index (χ1n) is 9.77. The molecule has 142 valence electrons. The molecule has 0 saturated heterocycles. The van der Waals surface area contributed by atoms with Gasteiger partial charge >= 0.3 is 0 Å². The Morgan fingerprint density at radius 2 is 2.04 bits per heavy atom. The van der Waals surface area contributed by atoms with Crippen LogP contribution < -0.4 is 5.32 Å². The van der Waals surface area contributed by atoms with Crippen molar-refractivity contribution in [1.82, 2.24) is 15.1 Å². The van der Waals surface area contributed by atoms with E-state index in [0.29, 0.717) is 0 Å². The second-order valence-electron chi connectivity index (χ2n) is 7.51. The largest absolute Gasteiger partial charge is 0.352 e. The van der Waals surface area contributed by atoms with Crippen LogP contribution in [-0.4, -0.2) is 56.5 Å². The smallest absolute Gasteiger partial charge is 0.252 e. The first-order valence-corrected chi connectivity index (χ1v) is 10.6. The third-order valence-corrected chi connectivity index (χ3v) is 6.15. The molecule has 0 atom stereocenters. The molecule has 25 heavy (non-hydrogen) atoms. The first-order chi connectivity index (χ1) is 12.0. The number of thiophene rings is 1. The van der Waals surface area contributed by atoms with Crippen molar-refractivity contribution in [3.05, 3.63) is 20.9 Å². The summed E-state index contributed by atoms with van der Waals surface area (Å²) >= 11 is 1.89. The minimum atomic E-state index is 0.159. The van der Waals surface area contributed by atoms with E-state index in [1.54, 1.807) is 0 Å². The number of aryl methyl sites for hydroxylation is 1. The van der Waals surface area contributed by atoms with Gasteiger partial charge in [-0.3, -0.25) is 4.79 Å². The maximum Gasteiger partial charge on any atom is 0.252 e. The fourth-order valence-corrected chi connectivity index (χ4v) is 4.90. The Bertz CT molecular complexity index is 553. The molecule has 0 radical (unpaired) electrons. The predicted octanol–water partition coefficient (Wildman–Crippen LogP) is 3.54. The molecule has 0 aromatic carbocycles. The quantitative estimate of drug-likeness (QED) is 0.644. The Kier molecular flexibility index (Phi) is 8.40. The fraction of sp³-hybridized carbons (Fsp3) is 0.750. The van der Waals surface area contributed by atoms with Gasteiger partial charge in [-0.2, -0.15) is 0 Å². The van der Waals surface area contributed by atoms with Gasteiger partial charge < -0.3 is 15.1 Å². The molecule has 1 N–H and O–H groups in total. The van der Waals surface area contributed by atoms with Gasteiger partial charge in [-0.25, -0.2) is 0 Å². The van der Waals surface area contributed by atoms with E-state index in [2.05, 4.69) is 43.2 Å². The van der Waals surface area contributed by atoms with Gasteiger partial charge in [-0.15, -0.1) is 11.3 Å². The monoisotopic (exact) mass is 365 g/mol. The standard InChI is InChI=1S/C20H35N3OS/c1-5-6-7-8-10-17-19(20(24)21-12-9-13-22(2)3)16-11-14-23(4)15-18(16)25-17/h5-15H2,1-4H3,(H,21,24). The summed E-state index contributed by atoms with van der Waals surface area (Å²) in [7, 11) is 6.31. The fourth-order valence-electron chi connectivity index (χ4n) is 3.43. The Morgan fingerprint density at radius 3 is 2.76 bits per heavy atom. The molecule has 1 aliphatic heterocycles. The van der Waals surface area contributed by atoms with Gasteiger partial charge in [0.05, 0.1) is 5.56 Å². The van der Waals surface area contributed by atoms with Crippen LogP contribution in [0.15, 0.2) is 0 Å². The lowest BCUT2D eigenvalue weighted by molar-refractivity contribution is 0.0950. The van der Waals surface area contributed by atoms with Gasteiger partial charge in [-0.1, -0.05) is 26.2 Å². The number of nitrogens with one attached hydrogen (secondary N) is 1. The number of carbonyl (C=O) groups excluding carboxylic acids is 1. The maximum atomic E-state index is 12.9. The maximum absolute atomic E-state index is 12.9. The number of unbranched alkanes of at least 4 members (excludes halogenated alkanes) is 3. The molecule has 5 heteroatoms. The number of fused-ring (bicyclic) bond motifs is 1. The molecule has 0 bridgehead atoms. The average molecular weight is 366 g/mol. The molecule has 0 fully saturated rings.